The summed E-state index contributed by atoms with van der Waals surface area (Å²) < 4.78 is 3.13. The van der Waals surface area contributed by atoms with Crippen LogP contribution in [0.4, 0.5) is 0 Å². The molecule has 1 aromatic heterocycles. The van der Waals surface area contributed by atoms with E-state index in [1.165, 1.54) is 11.1 Å². The molecule has 0 fully saturated rings. The lowest BCUT2D eigenvalue weighted by molar-refractivity contribution is 0.299. The number of rotatable bonds is 3. The maximum Gasteiger partial charge on any atom is 0.178 e. The third-order valence-corrected chi connectivity index (χ3v) is 4.25. The molecule has 0 saturated heterocycles. The molecule has 2 aromatic rings. The van der Waals surface area contributed by atoms with Gasteiger partial charge in [0.25, 0.3) is 0 Å². The summed E-state index contributed by atoms with van der Waals surface area (Å²) in [7, 11) is 0. The fourth-order valence-electron chi connectivity index (χ4n) is 2.41. The van der Waals surface area contributed by atoms with E-state index in [1.54, 1.807) is 0 Å². The van der Waals surface area contributed by atoms with E-state index in [2.05, 4.69) is 55.4 Å². The first-order valence-corrected chi connectivity index (χ1v) is 6.65. The Balaban J connectivity index is 2.86. The van der Waals surface area contributed by atoms with Gasteiger partial charge >= 0.3 is 0 Å². The van der Waals surface area contributed by atoms with E-state index < -0.39 is 0 Å². The summed E-state index contributed by atoms with van der Waals surface area (Å²) in [4.78, 5) is 3.32. The Morgan fingerprint density at radius 2 is 1.94 bits per heavy atom. The minimum Gasteiger partial charge on any atom is -0.331 e. The van der Waals surface area contributed by atoms with Gasteiger partial charge in [0.05, 0.1) is 11.0 Å². The molecule has 1 N–H and O–H groups in total. The van der Waals surface area contributed by atoms with Crippen LogP contribution in [0.25, 0.3) is 11.0 Å². The molecule has 1 heterocycles. The molecule has 0 saturated carbocycles. The van der Waals surface area contributed by atoms with Crippen LogP contribution in [-0.4, -0.2) is 9.55 Å². The number of benzene rings is 1. The monoisotopic (exact) mass is 248 g/mol. The lowest BCUT2D eigenvalue weighted by Gasteiger charge is -2.30. The first-order chi connectivity index (χ1) is 8.03. The van der Waals surface area contributed by atoms with Crippen molar-refractivity contribution < 1.29 is 0 Å². The van der Waals surface area contributed by atoms with Crippen molar-refractivity contribution in [3.63, 3.8) is 0 Å². The summed E-state index contributed by atoms with van der Waals surface area (Å²) >= 11 is 5.50. The van der Waals surface area contributed by atoms with Gasteiger partial charge in [-0.3, -0.25) is 0 Å². The van der Waals surface area contributed by atoms with Gasteiger partial charge in [0.1, 0.15) is 0 Å². The zero-order chi connectivity index (χ0) is 12.6. The van der Waals surface area contributed by atoms with Gasteiger partial charge in [-0.15, -0.1) is 0 Å². The molecule has 0 aliphatic rings. The molecule has 0 aliphatic heterocycles. The maximum atomic E-state index is 5.50. The van der Waals surface area contributed by atoms with Gasteiger partial charge in [-0.1, -0.05) is 26.0 Å². The van der Waals surface area contributed by atoms with Crippen LogP contribution in [-0.2, 0) is 5.54 Å². The van der Waals surface area contributed by atoms with Gasteiger partial charge in [0.2, 0.25) is 0 Å². The Morgan fingerprint density at radius 1 is 1.29 bits per heavy atom. The second-order valence-electron chi connectivity index (χ2n) is 4.94. The Morgan fingerprint density at radius 3 is 2.53 bits per heavy atom. The number of hydrogen-bond acceptors (Lipinski definition) is 1. The molecule has 0 unspecified atom stereocenters. The van der Waals surface area contributed by atoms with Crippen molar-refractivity contribution in [1.29, 1.82) is 0 Å². The summed E-state index contributed by atoms with van der Waals surface area (Å²) in [5.41, 5.74) is 3.77. The molecular formula is C14H20N2S. The van der Waals surface area contributed by atoms with Crippen LogP contribution in [0.1, 0.15) is 39.2 Å². The molecule has 0 spiro atoms. The molecular weight excluding hydrogens is 228 g/mol. The number of nitrogens with zero attached hydrogens (tertiary/aromatic N) is 1. The minimum atomic E-state index is 0.0987. The number of para-hydroxylation sites is 1. The van der Waals surface area contributed by atoms with Gasteiger partial charge in [-0.05, 0) is 50.5 Å². The van der Waals surface area contributed by atoms with Crippen molar-refractivity contribution in [3.8, 4) is 0 Å². The predicted octanol–water partition coefficient (Wildman–Crippen LogP) is 4.54. The maximum absolute atomic E-state index is 5.50. The topological polar surface area (TPSA) is 20.7 Å². The SMILES string of the molecule is CCC(C)(CC)n1c(=S)[nH]c2cccc(C)c21. The molecule has 0 aliphatic carbocycles. The fourth-order valence-corrected chi connectivity index (χ4v) is 2.83. The van der Waals surface area contributed by atoms with Crippen LogP contribution in [0.15, 0.2) is 18.2 Å². The third kappa shape index (κ3) is 1.82. The van der Waals surface area contributed by atoms with Gasteiger partial charge in [0.15, 0.2) is 4.77 Å². The van der Waals surface area contributed by atoms with Crippen LogP contribution >= 0.6 is 12.2 Å². The van der Waals surface area contributed by atoms with Gasteiger partial charge < -0.3 is 9.55 Å². The molecule has 92 valence electrons. The van der Waals surface area contributed by atoms with Crippen molar-refractivity contribution in [2.75, 3.05) is 0 Å². The molecule has 0 amide bonds. The number of H-pyrrole nitrogens is 1. The summed E-state index contributed by atoms with van der Waals surface area (Å²) in [5, 5.41) is 0. The van der Waals surface area contributed by atoms with Gasteiger partial charge in [-0.2, -0.15) is 0 Å². The average molecular weight is 248 g/mol. The van der Waals surface area contributed by atoms with Crippen LogP contribution < -0.4 is 0 Å². The first kappa shape index (κ1) is 12.4. The number of fused-ring (bicyclic) bond motifs is 1. The minimum absolute atomic E-state index is 0.0987. The highest BCUT2D eigenvalue weighted by molar-refractivity contribution is 7.71. The van der Waals surface area contributed by atoms with Crippen LogP contribution in [0, 0.1) is 11.7 Å². The van der Waals surface area contributed by atoms with Gasteiger partial charge in [0, 0.05) is 5.54 Å². The Bertz CT molecular complexity index is 588. The molecule has 0 bridgehead atoms. The normalized spacial score (nSPS) is 12.2. The largest absolute Gasteiger partial charge is 0.331 e. The molecule has 0 atom stereocenters. The highest BCUT2D eigenvalue weighted by atomic mass is 32.1. The standard InChI is InChI=1S/C14H20N2S/c1-5-14(4,6-2)16-12-10(3)8-7-9-11(12)15-13(16)17/h7-9H,5-6H2,1-4H3,(H,15,17). The van der Waals surface area contributed by atoms with E-state index in [0.717, 1.165) is 23.1 Å². The molecule has 2 nitrogen and oxygen atoms in total. The van der Waals surface area contributed by atoms with E-state index in [1.807, 2.05) is 0 Å². The number of hydrogen-bond donors (Lipinski definition) is 1. The van der Waals surface area contributed by atoms with E-state index in [4.69, 9.17) is 12.2 Å². The van der Waals surface area contributed by atoms with Gasteiger partial charge in [-0.25, -0.2) is 0 Å². The molecule has 0 radical (unpaired) electrons. The molecule has 1 aromatic carbocycles. The zero-order valence-corrected chi connectivity index (χ0v) is 11.8. The summed E-state index contributed by atoms with van der Waals surface area (Å²) in [6, 6.07) is 6.32. The van der Waals surface area contributed by atoms with E-state index in [0.29, 0.717) is 0 Å². The number of aromatic amines is 1. The van der Waals surface area contributed by atoms with Crippen molar-refractivity contribution in [3.05, 3.63) is 28.5 Å². The first-order valence-electron chi connectivity index (χ1n) is 6.24. The second-order valence-corrected chi connectivity index (χ2v) is 5.33. The quantitative estimate of drug-likeness (QED) is 0.791. The van der Waals surface area contributed by atoms with Crippen molar-refractivity contribution in [1.82, 2.24) is 9.55 Å². The predicted molar refractivity (Wildman–Crippen MR) is 76.1 cm³/mol. The fraction of sp³-hybridized carbons (Fsp3) is 0.500. The molecule has 2 rings (SSSR count). The Kier molecular flexibility index (Phi) is 3.13. The molecule has 3 heteroatoms. The molecule has 17 heavy (non-hydrogen) atoms. The summed E-state index contributed by atoms with van der Waals surface area (Å²) in [5.74, 6) is 0. The van der Waals surface area contributed by atoms with Crippen LogP contribution in [0.3, 0.4) is 0 Å². The Labute approximate surface area is 108 Å². The van der Waals surface area contributed by atoms with Crippen molar-refractivity contribution in [2.45, 2.75) is 46.1 Å². The lowest BCUT2D eigenvalue weighted by Crippen LogP contribution is -2.28. The number of aromatic nitrogens is 2. The third-order valence-electron chi connectivity index (χ3n) is 3.97. The van der Waals surface area contributed by atoms with Crippen LogP contribution in [0.2, 0.25) is 0 Å². The summed E-state index contributed by atoms with van der Waals surface area (Å²) in [6.07, 6.45) is 2.16. The van der Waals surface area contributed by atoms with Crippen molar-refractivity contribution in [2.24, 2.45) is 0 Å². The highest BCUT2D eigenvalue weighted by Gasteiger charge is 2.25. The summed E-state index contributed by atoms with van der Waals surface area (Å²) in [6.45, 7) is 8.88. The number of nitrogens with one attached hydrogen (secondary N) is 1. The number of aryl methyl sites for hydroxylation is 1. The average Bonchev–Trinajstić information content (AvgIpc) is 2.66. The smallest absolute Gasteiger partial charge is 0.178 e. The highest BCUT2D eigenvalue weighted by Crippen LogP contribution is 2.30. The van der Waals surface area contributed by atoms with E-state index >= 15 is 0 Å². The number of imidazole rings is 1. The Hall–Kier alpha value is -1.09. The zero-order valence-electron chi connectivity index (χ0n) is 11.0. The lowest BCUT2D eigenvalue weighted by atomic mass is 9.94. The van der Waals surface area contributed by atoms with Crippen molar-refractivity contribution >= 4 is 23.3 Å². The van der Waals surface area contributed by atoms with Crippen LogP contribution in [0.5, 0.6) is 0 Å². The second kappa shape index (κ2) is 4.30. The van der Waals surface area contributed by atoms with E-state index in [9.17, 15) is 0 Å². The van der Waals surface area contributed by atoms with E-state index in [-0.39, 0.29) is 5.54 Å².